The number of carbonyl (C=O) groups excluding carboxylic acids is 1. The van der Waals surface area contributed by atoms with Crippen LogP contribution in [0.25, 0.3) is 10.8 Å². The zero-order valence-electron chi connectivity index (χ0n) is 11.2. The van der Waals surface area contributed by atoms with Crippen molar-refractivity contribution in [3.63, 3.8) is 0 Å². The van der Waals surface area contributed by atoms with Gasteiger partial charge in [0.05, 0.1) is 0 Å². The third-order valence-corrected chi connectivity index (χ3v) is 3.37. The lowest BCUT2D eigenvalue weighted by atomic mass is 10.1. The molecule has 104 valence electrons. The highest BCUT2D eigenvalue weighted by Crippen LogP contribution is 2.24. The smallest absolute Gasteiger partial charge is 0.261 e. The molecule has 0 heterocycles. The van der Waals surface area contributed by atoms with Crippen LogP contribution in [0, 0.1) is 0 Å². The largest absolute Gasteiger partial charge is 0.481 e. The highest BCUT2D eigenvalue weighted by molar-refractivity contribution is 9.10. The lowest BCUT2D eigenvalue weighted by Crippen LogP contribution is -2.36. The molecule has 20 heavy (non-hydrogen) atoms. The van der Waals surface area contributed by atoms with Gasteiger partial charge in [0.15, 0.2) is 6.10 Å². The minimum atomic E-state index is -0.539. The van der Waals surface area contributed by atoms with Crippen molar-refractivity contribution in [2.75, 3.05) is 6.54 Å². The van der Waals surface area contributed by atoms with Gasteiger partial charge >= 0.3 is 0 Å². The van der Waals surface area contributed by atoms with E-state index in [1.54, 1.807) is 13.0 Å². The van der Waals surface area contributed by atoms with Crippen LogP contribution >= 0.6 is 15.9 Å². The molecule has 0 fully saturated rings. The number of ether oxygens (including phenoxy) is 1. The van der Waals surface area contributed by atoms with Gasteiger partial charge < -0.3 is 10.1 Å². The average molecular weight is 334 g/mol. The summed E-state index contributed by atoms with van der Waals surface area (Å²) < 4.78 is 6.69. The van der Waals surface area contributed by atoms with Gasteiger partial charge in [0.1, 0.15) is 5.75 Å². The number of halogens is 1. The molecule has 2 rings (SSSR count). The maximum absolute atomic E-state index is 11.7. The molecule has 3 nitrogen and oxygen atoms in total. The number of fused-ring (bicyclic) bond motifs is 1. The van der Waals surface area contributed by atoms with Crippen LogP contribution in [0.5, 0.6) is 5.75 Å². The second kappa shape index (κ2) is 6.57. The summed E-state index contributed by atoms with van der Waals surface area (Å²) >= 11 is 3.44. The summed E-state index contributed by atoms with van der Waals surface area (Å²) in [7, 11) is 0. The number of amides is 1. The number of nitrogens with one attached hydrogen (secondary N) is 1. The number of hydrogen-bond acceptors (Lipinski definition) is 2. The number of carbonyl (C=O) groups is 1. The van der Waals surface area contributed by atoms with Crippen LogP contribution in [0.4, 0.5) is 0 Å². The minimum Gasteiger partial charge on any atom is -0.481 e. The van der Waals surface area contributed by atoms with E-state index in [1.807, 2.05) is 36.4 Å². The highest BCUT2D eigenvalue weighted by Gasteiger charge is 2.13. The van der Waals surface area contributed by atoms with Crippen LogP contribution in [0.1, 0.15) is 6.92 Å². The summed E-state index contributed by atoms with van der Waals surface area (Å²) in [4.78, 5) is 11.7. The molecule has 1 atom stereocenters. The van der Waals surface area contributed by atoms with Gasteiger partial charge in [-0.3, -0.25) is 4.79 Å². The van der Waals surface area contributed by atoms with E-state index in [1.165, 1.54) is 0 Å². The summed E-state index contributed by atoms with van der Waals surface area (Å²) in [6, 6.07) is 11.8. The maximum Gasteiger partial charge on any atom is 0.261 e. The molecule has 1 N–H and O–H groups in total. The summed E-state index contributed by atoms with van der Waals surface area (Å²) in [5.74, 6) is 0.530. The van der Waals surface area contributed by atoms with E-state index in [0.717, 1.165) is 15.2 Å². The predicted molar refractivity (Wildman–Crippen MR) is 84.9 cm³/mol. The first kappa shape index (κ1) is 14.6. The minimum absolute atomic E-state index is 0.152. The third kappa shape index (κ3) is 3.61. The first-order valence-electron chi connectivity index (χ1n) is 6.35. The molecule has 0 aliphatic carbocycles. The van der Waals surface area contributed by atoms with E-state index in [4.69, 9.17) is 4.74 Å². The van der Waals surface area contributed by atoms with Crippen LogP contribution in [-0.2, 0) is 4.79 Å². The molecular formula is C16H16BrNO2. The van der Waals surface area contributed by atoms with Crippen molar-refractivity contribution in [1.82, 2.24) is 5.32 Å². The molecule has 2 aromatic rings. The molecule has 0 aromatic heterocycles. The highest BCUT2D eigenvalue weighted by atomic mass is 79.9. The van der Waals surface area contributed by atoms with Gasteiger partial charge in [-0.1, -0.05) is 34.1 Å². The predicted octanol–water partition coefficient (Wildman–Crippen LogP) is 3.67. The van der Waals surface area contributed by atoms with Gasteiger partial charge in [0, 0.05) is 11.0 Å². The average Bonchev–Trinajstić information content (AvgIpc) is 2.44. The molecule has 0 bridgehead atoms. The molecule has 0 saturated carbocycles. The molecule has 0 radical (unpaired) electrons. The topological polar surface area (TPSA) is 38.3 Å². The van der Waals surface area contributed by atoms with Gasteiger partial charge in [-0.2, -0.15) is 0 Å². The van der Waals surface area contributed by atoms with E-state index < -0.39 is 6.10 Å². The van der Waals surface area contributed by atoms with Crippen molar-refractivity contribution in [3.05, 3.63) is 53.5 Å². The van der Waals surface area contributed by atoms with Crippen LogP contribution in [0.15, 0.2) is 53.5 Å². The standard InChI is InChI=1S/C16H16BrNO2/c1-3-8-18-16(19)11(2)20-15-7-5-12-9-14(17)6-4-13(12)10-15/h3-7,9-11H,1,8H2,2H3,(H,18,19). The van der Waals surface area contributed by atoms with Gasteiger partial charge in [0.25, 0.3) is 5.91 Å². The van der Waals surface area contributed by atoms with E-state index in [0.29, 0.717) is 12.3 Å². The Labute approximate surface area is 126 Å². The van der Waals surface area contributed by atoms with Crippen LogP contribution in [0.3, 0.4) is 0 Å². The van der Waals surface area contributed by atoms with Crippen molar-refractivity contribution < 1.29 is 9.53 Å². The Kier molecular flexibility index (Phi) is 4.79. The molecule has 0 aliphatic rings. The summed E-state index contributed by atoms with van der Waals surface area (Å²) in [5, 5.41) is 4.90. The number of rotatable bonds is 5. The number of hydrogen-bond donors (Lipinski definition) is 1. The second-order valence-electron chi connectivity index (χ2n) is 4.45. The molecule has 2 aromatic carbocycles. The van der Waals surface area contributed by atoms with Crippen molar-refractivity contribution >= 4 is 32.6 Å². The van der Waals surface area contributed by atoms with Gasteiger partial charge in [-0.15, -0.1) is 6.58 Å². The molecular weight excluding hydrogens is 318 g/mol. The van der Waals surface area contributed by atoms with E-state index >= 15 is 0 Å². The fraction of sp³-hybridized carbons (Fsp3) is 0.188. The van der Waals surface area contributed by atoms with Crippen LogP contribution in [0.2, 0.25) is 0 Å². The monoisotopic (exact) mass is 333 g/mol. The zero-order chi connectivity index (χ0) is 14.5. The Bertz CT molecular complexity index is 639. The lowest BCUT2D eigenvalue weighted by molar-refractivity contribution is -0.127. The third-order valence-electron chi connectivity index (χ3n) is 2.88. The van der Waals surface area contributed by atoms with Crippen molar-refractivity contribution in [2.45, 2.75) is 13.0 Å². The lowest BCUT2D eigenvalue weighted by Gasteiger charge is -2.14. The van der Waals surface area contributed by atoms with E-state index in [2.05, 4.69) is 27.8 Å². The first-order valence-corrected chi connectivity index (χ1v) is 7.14. The van der Waals surface area contributed by atoms with Gasteiger partial charge in [-0.25, -0.2) is 0 Å². The van der Waals surface area contributed by atoms with Crippen molar-refractivity contribution in [3.8, 4) is 5.75 Å². The summed E-state index contributed by atoms with van der Waals surface area (Å²) in [5.41, 5.74) is 0. The first-order chi connectivity index (χ1) is 9.60. The Morgan fingerprint density at radius 1 is 1.35 bits per heavy atom. The molecule has 1 amide bonds. The van der Waals surface area contributed by atoms with Gasteiger partial charge in [0.2, 0.25) is 0 Å². The molecule has 0 aliphatic heterocycles. The van der Waals surface area contributed by atoms with Crippen molar-refractivity contribution in [2.24, 2.45) is 0 Å². The Morgan fingerprint density at radius 3 is 2.80 bits per heavy atom. The molecule has 1 unspecified atom stereocenters. The fourth-order valence-electron chi connectivity index (χ4n) is 1.84. The SMILES string of the molecule is C=CCNC(=O)C(C)Oc1ccc2cc(Br)ccc2c1. The van der Waals surface area contributed by atoms with Gasteiger partial charge in [-0.05, 0) is 42.0 Å². The Morgan fingerprint density at radius 2 is 2.05 bits per heavy atom. The quantitative estimate of drug-likeness (QED) is 0.848. The Balaban J connectivity index is 2.11. The summed E-state index contributed by atoms with van der Waals surface area (Å²) in [6.07, 6.45) is 1.10. The van der Waals surface area contributed by atoms with Crippen LogP contribution < -0.4 is 10.1 Å². The van der Waals surface area contributed by atoms with Crippen LogP contribution in [-0.4, -0.2) is 18.6 Å². The molecule has 0 spiro atoms. The number of benzene rings is 2. The molecule has 0 saturated heterocycles. The normalized spacial score (nSPS) is 11.9. The summed E-state index contributed by atoms with van der Waals surface area (Å²) in [6.45, 7) is 5.73. The Hall–Kier alpha value is -1.81. The second-order valence-corrected chi connectivity index (χ2v) is 5.36. The fourth-order valence-corrected chi connectivity index (χ4v) is 2.22. The molecule has 4 heteroatoms. The van der Waals surface area contributed by atoms with E-state index in [-0.39, 0.29) is 5.91 Å². The van der Waals surface area contributed by atoms with E-state index in [9.17, 15) is 4.79 Å². The maximum atomic E-state index is 11.7. The zero-order valence-corrected chi connectivity index (χ0v) is 12.8. The van der Waals surface area contributed by atoms with Crippen molar-refractivity contribution in [1.29, 1.82) is 0 Å².